The number of hydrogen-bond acceptors (Lipinski definition) is 3. The quantitative estimate of drug-likeness (QED) is 0.576. The average Bonchev–Trinajstić information content (AvgIpc) is 2.14. The van der Waals surface area contributed by atoms with Gasteiger partial charge in [-0.3, -0.25) is 4.79 Å². The molecule has 0 spiro atoms. The normalized spacial score (nSPS) is 10.1. The largest absolute Gasteiger partial charge is 0.372 e. The van der Waals surface area contributed by atoms with E-state index in [1.807, 2.05) is 14.0 Å². The van der Waals surface area contributed by atoms with Crippen LogP contribution < -0.4 is 5.32 Å². The number of hydrogen-bond donors (Lipinski definition) is 1. The molecule has 78 valence electrons. The fraction of sp³-hybridized carbons (Fsp3) is 0.889. The lowest BCUT2D eigenvalue weighted by atomic mass is 10.5. The molecule has 4 heteroatoms. The Morgan fingerprint density at radius 3 is 2.77 bits per heavy atom. The Balaban J connectivity index is 3.45. The smallest absolute Gasteiger partial charge is 0.248 e. The Hall–Kier alpha value is -0.610. The van der Waals surface area contributed by atoms with E-state index in [1.54, 1.807) is 11.9 Å². The lowest BCUT2D eigenvalue weighted by Gasteiger charge is -2.16. The van der Waals surface area contributed by atoms with E-state index in [4.69, 9.17) is 4.74 Å². The standard InChI is InChI=1S/C9H20N2O2/c1-4-7-13-8-9(12)11(3)6-5-10-2/h10H,4-8H2,1-3H3. The molecular weight excluding hydrogens is 168 g/mol. The van der Waals surface area contributed by atoms with E-state index in [-0.39, 0.29) is 12.5 Å². The molecule has 0 radical (unpaired) electrons. The van der Waals surface area contributed by atoms with Gasteiger partial charge in [-0.1, -0.05) is 6.92 Å². The van der Waals surface area contributed by atoms with Crippen molar-refractivity contribution in [3.63, 3.8) is 0 Å². The average molecular weight is 188 g/mol. The number of rotatable bonds is 7. The summed E-state index contributed by atoms with van der Waals surface area (Å²) < 4.78 is 5.13. The second kappa shape index (κ2) is 8.01. The molecule has 0 rings (SSSR count). The minimum atomic E-state index is 0.0451. The molecule has 0 aromatic carbocycles. The molecule has 0 aromatic heterocycles. The lowest BCUT2D eigenvalue weighted by Crippen LogP contribution is -2.35. The van der Waals surface area contributed by atoms with E-state index in [1.165, 1.54) is 0 Å². The number of likely N-dealkylation sites (N-methyl/N-ethyl adjacent to an activating group) is 2. The van der Waals surface area contributed by atoms with Crippen molar-refractivity contribution in [1.29, 1.82) is 0 Å². The van der Waals surface area contributed by atoms with Gasteiger partial charge in [-0.05, 0) is 13.5 Å². The van der Waals surface area contributed by atoms with Gasteiger partial charge in [0.05, 0.1) is 0 Å². The monoisotopic (exact) mass is 188 g/mol. The first-order chi connectivity index (χ1) is 6.22. The molecule has 0 fully saturated rings. The van der Waals surface area contributed by atoms with Crippen LogP contribution in [0.3, 0.4) is 0 Å². The third-order valence-corrected chi connectivity index (χ3v) is 1.70. The summed E-state index contributed by atoms with van der Waals surface area (Å²) in [7, 11) is 3.65. The minimum absolute atomic E-state index is 0.0451. The third kappa shape index (κ3) is 6.54. The maximum absolute atomic E-state index is 11.3. The Labute approximate surface area is 80.2 Å². The van der Waals surface area contributed by atoms with Gasteiger partial charge in [0.15, 0.2) is 0 Å². The summed E-state index contributed by atoms with van der Waals surface area (Å²) >= 11 is 0. The van der Waals surface area contributed by atoms with Crippen LogP contribution in [0.4, 0.5) is 0 Å². The molecule has 1 N–H and O–H groups in total. The highest BCUT2D eigenvalue weighted by Crippen LogP contribution is 1.87. The second-order valence-corrected chi connectivity index (χ2v) is 2.97. The van der Waals surface area contributed by atoms with Gasteiger partial charge >= 0.3 is 0 Å². The van der Waals surface area contributed by atoms with Crippen LogP contribution in [0.1, 0.15) is 13.3 Å². The highest BCUT2D eigenvalue weighted by Gasteiger charge is 2.06. The Morgan fingerprint density at radius 2 is 2.23 bits per heavy atom. The van der Waals surface area contributed by atoms with E-state index in [0.717, 1.165) is 19.5 Å². The molecule has 0 saturated heterocycles. The van der Waals surface area contributed by atoms with Crippen LogP contribution >= 0.6 is 0 Å². The maximum Gasteiger partial charge on any atom is 0.248 e. The van der Waals surface area contributed by atoms with Crippen molar-refractivity contribution in [2.75, 3.05) is 40.4 Å². The van der Waals surface area contributed by atoms with E-state index in [2.05, 4.69) is 5.32 Å². The van der Waals surface area contributed by atoms with Crippen LogP contribution in [-0.4, -0.2) is 51.2 Å². The number of carbonyl (C=O) groups excluding carboxylic acids is 1. The van der Waals surface area contributed by atoms with Crippen LogP contribution in [0.2, 0.25) is 0 Å². The van der Waals surface area contributed by atoms with Crippen molar-refractivity contribution in [2.24, 2.45) is 0 Å². The number of ether oxygens (including phenoxy) is 1. The molecule has 0 aliphatic heterocycles. The molecule has 0 aromatic rings. The van der Waals surface area contributed by atoms with Crippen molar-refractivity contribution >= 4 is 5.91 Å². The Bertz CT molecular complexity index is 140. The van der Waals surface area contributed by atoms with Crippen LogP contribution in [0.5, 0.6) is 0 Å². The van der Waals surface area contributed by atoms with Gasteiger partial charge in [-0.25, -0.2) is 0 Å². The fourth-order valence-electron chi connectivity index (χ4n) is 0.818. The van der Waals surface area contributed by atoms with Crippen molar-refractivity contribution in [3.05, 3.63) is 0 Å². The molecule has 0 heterocycles. The van der Waals surface area contributed by atoms with Crippen molar-refractivity contribution in [3.8, 4) is 0 Å². The first kappa shape index (κ1) is 12.4. The summed E-state index contributed by atoms with van der Waals surface area (Å²) in [5.74, 6) is 0.0451. The zero-order chi connectivity index (χ0) is 10.1. The summed E-state index contributed by atoms with van der Waals surface area (Å²) in [6.07, 6.45) is 0.952. The summed E-state index contributed by atoms with van der Waals surface area (Å²) in [6, 6.07) is 0. The highest BCUT2D eigenvalue weighted by molar-refractivity contribution is 5.77. The Morgan fingerprint density at radius 1 is 1.54 bits per heavy atom. The van der Waals surface area contributed by atoms with Crippen molar-refractivity contribution in [1.82, 2.24) is 10.2 Å². The summed E-state index contributed by atoms with van der Waals surface area (Å²) in [6.45, 7) is 4.43. The molecule has 0 bridgehead atoms. The molecule has 0 atom stereocenters. The van der Waals surface area contributed by atoms with Gasteiger partial charge in [-0.15, -0.1) is 0 Å². The number of nitrogens with one attached hydrogen (secondary N) is 1. The van der Waals surface area contributed by atoms with Crippen LogP contribution in [-0.2, 0) is 9.53 Å². The number of carbonyl (C=O) groups is 1. The molecule has 13 heavy (non-hydrogen) atoms. The topological polar surface area (TPSA) is 41.6 Å². The number of amides is 1. The molecule has 0 unspecified atom stereocenters. The minimum Gasteiger partial charge on any atom is -0.372 e. The van der Waals surface area contributed by atoms with Gasteiger partial charge in [0.1, 0.15) is 6.61 Å². The van der Waals surface area contributed by atoms with E-state index in [0.29, 0.717) is 6.61 Å². The zero-order valence-electron chi connectivity index (χ0n) is 8.80. The maximum atomic E-state index is 11.3. The SMILES string of the molecule is CCCOCC(=O)N(C)CCNC. The molecule has 0 aliphatic carbocycles. The lowest BCUT2D eigenvalue weighted by molar-refractivity contribution is -0.134. The first-order valence-electron chi connectivity index (χ1n) is 4.68. The molecular formula is C9H20N2O2. The van der Waals surface area contributed by atoms with Gasteiger partial charge in [-0.2, -0.15) is 0 Å². The summed E-state index contributed by atoms with van der Waals surface area (Å²) in [5, 5.41) is 2.99. The third-order valence-electron chi connectivity index (χ3n) is 1.70. The van der Waals surface area contributed by atoms with Crippen molar-refractivity contribution < 1.29 is 9.53 Å². The van der Waals surface area contributed by atoms with Crippen LogP contribution in [0, 0.1) is 0 Å². The predicted octanol–water partition coefficient (Wildman–Crippen LogP) is 0.0908. The zero-order valence-corrected chi connectivity index (χ0v) is 8.80. The van der Waals surface area contributed by atoms with Crippen molar-refractivity contribution in [2.45, 2.75) is 13.3 Å². The van der Waals surface area contributed by atoms with Gasteiger partial charge in [0.2, 0.25) is 5.91 Å². The van der Waals surface area contributed by atoms with E-state index >= 15 is 0 Å². The van der Waals surface area contributed by atoms with Gasteiger partial charge in [0, 0.05) is 26.7 Å². The highest BCUT2D eigenvalue weighted by atomic mass is 16.5. The van der Waals surface area contributed by atoms with Gasteiger partial charge in [0.25, 0.3) is 0 Å². The summed E-state index contributed by atoms with van der Waals surface area (Å²) in [4.78, 5) is 13.0. The predicted molar refractivity (Wildman–Crippen MR) is 52.7 cm³/mol. The second-order valence-electron chi connectivity index (χ2n) is 2.97. The Kier molecular flexibility index (Phi) is 7.63. The molecule has 0 aliphatic rings. The molecule has 4 nitrogen and oxygen atoms in total. The fourth-order valence-corrected chi connectivity index (χ4v) is 0.818. The number of nitrogens with zero attached hydrogens (tertiary/aromatic N) is 1. The van der Waals surface area contributed by atoms with Crippen LogP contribution in [0.25, 0.3) is 0 Å². The van der Waals surface area contributed by atoms with E-state index < -0.39 is 0 Å². The van der Waals surface area contributed by atoms with Gasteiger partial charge < -0.3 is 15.0 Å². The molecule has 0 saturated carbocycles. The van der Waals surface area contributed by atoms with E-state index in [9.17, 15) is 4.79 Å². The first-order valence-corrected chi connectivity index (χ1v) is 4.68. The summed E-state index contributed by atoms with van der Waals surface area (Å²) in [5.41, 5.74) is 0. The van der Waals surface area contributed by atoms with Crippen LogP contribution in [0.15, 0.2) is 0 Å². The molecule has 1 amide bonds.